The minimum Gasteiger partial charge on any atom is -0.384 e. The number of benzene rings is 1. The van der Waals surface area contributed by atoms with Crippen LogP contribution in [0.4, 0.5) is 13.2 Å². The van der Waals surface area contributed by atoms with Gasteiger partial charge in [0, 0.05) is 16.9 Å². The first-order chi connectivity index (χ1) is 9.81. The quantitative estimate of drug-likeness (QED) is 0.663. The number of halogens is 3. The Hall–Kier alpha value is -1.61. The van der Waals surface area contributed by atoms with Crippen molar-refractivity contribution in [3.05, 3.63) is 35.2 Å². The third-order valence-electron chi connectivity index (χ3n) is 2.56. The molecule has 0 aliphatic rings. The van der Waals surface area contributed by atoms with Gasteiger partial charge in [0.15, 0.2) is 4.34 Å². The van der Waals surface area contributed by atoms with Crippen LogP contribution in [0.1, 0.15) is 23.9 Å². The smallest absolute Gasteiger partial charge is 0.384 e. The van der Waals surface area contributed by atoms with Crippen molar-refractivity contribution in [2.75, 3.05) is 0 Å². The van der Waals surface area contributed by atoms with Gasteiger partial charge in [-0.3, -0.25) is 5.41 Å². The lowest BCUT2D eigenvalue weighted by Gasteiger charge is -2.11. The molecule has 1 aromatic heterocycles. The molecule has 0 aliphatic carbocycles. The number of amidine groups is 1. The highest BCUT2D eigenvalue weighted by Gasteiger charge is 2.31. The van der Waals surface area contributed by atoms with Gasteiger partial charge in [0.1, 0.15) is 11.7 Å². The van der Waals surface area contributed by atoms with Crippen LogP contribution in [0.15, 0.2) is 27.4 Å². The van der Waals surface area contributed by atoms with Gasteiger partial charge < -0.3 is 5.73 Å². The number of nitrogens with two attached hydrogens (primary N) is 1. The largest absolute Gasteiger partial charge is 0.416 e. The van der Waals surface area contributed by atoms with Gasteiger partial charge >= 0.3 is 6.18 Å². The summed E-state index contributed by atoms with van der Waals surface area (Å²) in [6, 6.07) is 3.15. The average Bonchev–Trinajstić information content (AvgIpc) is 2.85. The number of aryl methyl sites for hydroxylation is 1. The Kier molecular flexibility index (Phi) is 4.52. The molecule has 3 N–H and O–H groups in total. The van der Waals surface area contributed by atoms with Crippen LogP contribution in [0.5, 0.6) is 0 Å². The first-order valence-electron chi connectivity index (χ1n) is 5.87. The van der Waals surface area contributed by atoms with E-state index in [2.05, 4.69) is 9.36 Å². The molecule has 0 radical (unpaired) electrons. The van der Waals surface area contributed by atoms with E-state index >= 15 is 0 Å². The summed E-state index contributed by atoms with van der Waals surface area (Å²) in [4.78, 5) is 4.69. The van der Waals surface area contributed by atoms with Crippen LogP contribution in [0, 0.1) is 5.41 Å². The lowest BCUT2D eigenvalue weighted by molar-refractivity contribution is -0.137. The van der Waals surface area contributed by atoms with Gasteiger partial charge in [-0.2, -0.15) is 17.5 Å². The molecule has 9 heteroatoms. The Balaban J connectivity index is 2.36. The zero-order valence-electron chi connectivity index (χ0n) is 10.9. The third kappa shape index (κ3) is 3.73. The number of aromatic nitrogens is 2. The van der Waals surface area contributed by atoms with Crippen molar-refractivity contribution in [1.29, 1.82) is 5.41 Å². The Morgan fingerprint density at radius 3 is 2.67 bits per heavy atom. The van der Waals surface area contributed by atoms with E-state index in [1.807, 2.05) is 6.92 Å². The molecule has 0 bridgehead atoms. The van der Waals surface area contributed by atoms with Gasteiger partial charge in [-0.15, -0.1) is 0 Å². The van der Waals surface area contributed by atoms with E-state index in [-0.39, 0.29) is 5.56 Å². The molecule has 21 heavy (non-hydrogen) atoms. The number of nitrogens with one attached hydrogen (secondary N) is 1. The standard InChI is InChI=1S/C12H11F3N4S2/c1-2-9-18-11(21-19-9)20-8-4-3-6(12(13,14)15)5-7(8)10(16)17/h3-5H,2H2,1H3,(H3,16,17). The second kappa shape index (κ2) is 6.02. The van der Waals surface area contributed by atoms with Crippen molar-refractivity contribution >= 4 is 29.1 Å². The summed E-state index contributed by atoms with van der Waals surface area (Å²) < 4.78 is 42.8. The predicted octanol–water partition coefficient (Wildman–Crippen LogP) is 3.55. The van der Waals surface area contributed by atoms with E-state index in [0.717, 1.165) is 23.9 Å². The summed E-state index contributed by atoms with van der Waals surface area (Å²) >= 11 is 2.32. The van der Waals surface area contributed by atoms with Crippen molar-refractivity contribution in [3.63, 3.8) is 0 Å². The zero-order valence-corrected chi connectivity index (χ0v) is 12.5. The maximum Gasteiger partial charge on any atom is 0.416 e. The van der Waals surface area contributed by atoms with Crippen LogP contribution in [0.3, 0.4) is 0 Å². The molecule has 0 amide bonds. The molecule has 0 atom stereocenters. The summed E-state index contributed by atoms with van der Waals surface area (Å²) in [5.74, 6) is 0.266. The van der Waals surface area contributed by atoms with Crippen molar-refractivity contribution in [3.8, 4) is 0 Å². The average molecular weight is 332 g/mol. The number of nitrogen functional groups attached to an aromatic ring is 1. The molecule has 1 heterocycles. The first kappa shape index (κ1) is 15.8. The van der Waals surface area contributed by atoms with Gasteiger partial charge in [-0.25, -0.2) is 4.98 Å². The summed E-state index contributed by atoms with van der Waals surface area (Å²) in [5, 5.41) is 7.45. The van der Waals surface area contributed by atoms with Crippen LogP contribution >= 0.6 is 23.3 Å². The highest BCUT2D eigenvalue weighted by molar-refractivity contribution is 8.01. The van der Waals surface area contributed by atoms with Crippen LogP contribution in [0.2, 0.25) is 0 Å². The van der Waals surface area contributed by atoms with Gasteiger partial charge in [-0.05, 0) is 29.7 Å². The molecule has 1 aromatic carbocycles. The van der Waals surface area contributed by atoms with E-state index in [1.165, 1.54) is 17.6 Å². The molecule has 2 aromatic rings. The predicted molar refractivity (Wildman–Crippen MR) is 75.9 cm³/mol. The van der Waals surface area contributed by atoms with Gasteiger partial charge in [0.05, 0.1) is 5.56 Å². The maximum absolute atomic E-state index is 12.7. The molecule has 0 unspecified atom stereocenters. The monoisotopic (exact) mass is 332 g/mol. The number of hydrogen-bond acceptors (Lipinski definition) is 5. The summed E-state index contributed by atoms with van der Waals surface area (Å²) in [6.07, 6.45) is -3.78. The number of hydrogen-bond donors (Lipinski definition) is 2. The minimum atomic E-state index is -4.47. The first-order valence-corrected chi connectivity index (χ1v) is 7.46. The Morgan fingerprint density at radius 2 is 2.14 bits per heavy atom. The summed E-state index contributed by atoms with van der Waals surface area (Å²) in [5.41, 5.74) is 4.60. The maximum atomic E-state index is 12.7. The van der Waals surface area contributed by atoms with E-state index in [0.29, 0.717) is 21.5 Å². The minimum absolute atomic E-state index is 0.0445. The lowest BCUT2D eigenvalue weighted by Crippen LogP contribution is -2.14. The Labute approximate surface area is 127 Å². The molecule has 0 fully saturated rings. The normalized spacial score (nSPS) is 11.6. The third-order valence-corrected chi connectivity index (χ3v) is 4.42. The second-order valence-corrected chi connectivity index (χ2v) is 6.10. The van der Waals surface area contributed by atoms with Crippen LogP contribution in [-0.4, -0.2) is 15.2 Å². The molecule has 4 nitrogen and oxygen atoms in total. The molecular formula is C12H11F3N4S2. The highest BCUT2D eigenvalue weighted by Crippen LogP contribution is 2.36. The van der Waals surface area contributed by atoms with E-state index in [4.69, 9.17) is 11.1 Å². The van der Waals surface area contributed by atoms with Crippen molar-refractivity contribution in [2.24, 2.45) is 5.73 Å². The lowest BCUT2D eigenvalue weighted by atomic mass is 10.1. The number of alkyl halides is 3. The topological polar surface area (TPSA) is 75.7 Å². The molecule has 2 rings (SSSR count). The van der Waals surface area contributed by atoms with Crippen molar-refractivity contribution < 1.29 is 13.2 Å². The van der Waals surface area contributed by atoms with Crippen molar-refractivity contribution in [1.82, 2.24) is 9.36 Å². The highest BCUT2D eigenvalue weighted by atomic mass is 32.2. The molecule has 112 valence electrons. The molecule has 0 spiro atoms. The van der Waals surface area contributed by atoms with Gasteiger partial charge in [0.2, 0.25) is 0 Å². The van der Waals surface area contributed by atoms with E-state index in [1.54, 1.807) is 0 Å². The summed E-state index contributed by atoms with van der Waals surface area (Å²) in [7, 11) is 0. The number of nitrogens with zero attached hydrogens (tertiary/aromatic N) is 2. The van der Waals surface area contributed by atoms with Gasteiger partial charge in [-0.1, -0.05) is 18.7 Å². The zero-order chi connectivity index (χ0) is 15.6. The fourth-order valence-corrected chi connectivity index (χ4v) is 3.31. The fraction of sp³-hybridized carbons (Fsp3) is 0.250. The molecule has 0 saturated heterocycles. The fourth-order valence-electron chi connectivity index (χ4n) is 1.52. The molecular weight excluding hydrogens is 321 g/mol. The Bertz CT molecular complexity index is 667. The van der Waals surface area contributed by atoms with Crippen LogP contribution in [0.25, 0.3) is 0 Å². The van der Waals surface area contributed by atoms with Gasteiger partial charge in [0.25, 0.3) is 0 Å². The second-order valence-electron chi connectivity index (χ2n) is 4.05. The number of rotatable bonds is 4. The van der Waals surface area contributed by atoms with Crippen LogP contribution < -0.4 is 5.73 Å². The van der Waals surface area contributed by atoms with E-state index in [9.17, 15) is 13.2 Å². The Morgan fingerprint density at radius 1 is 1.43 bits per heavy atom. The van der Waals surface area contributed by atoms with Crippen LogP contribution in [-0.2, 0) is 12.6 Å². The molecule has 0 aliphatic heterocycles. The summed E-state index contributed by atoms with van der Waals surface area (Å²) in [6.45, 7) is 1.91. The van der Waals surface area contributed by atoms with E-state index < -0.39 is 17.6 Å². The SMILES string of the molecule is CCc1nsc(Sc2ccc(C(F)(F)F)cc2C(=N)N)n1. The van der Waals surface area contributed by atoms with Crippen molar-refractivity contribution in [2.45, 2.75) is 28.8 Å². The molecule has 0 saturated carbocycles.